The topological polar surface area (TPSA) is 58.9 Å². The van der Waals surface area contributed by atoms with E-state index in [9.17, 15) is 10.2 Å². The van der Waals surface area contributed by atoms with Crippen molar-refractivity contribution in [3.05, 3.63) is 23.8 Å². The number of hydrogen-bond donors (Lipinski definition) is 2. The summed E-state index contributed by atoms with van der Waals surface area (Å²) >= 11 is 0. The molecule has 19 heavy (non-hydrogen) atoms. The molecule has 0 heterocycles. The van der Waals surface area contributed by atoms with Crippen LogP contribution >= 0.6 is 0 Å². The predicted molar refractivity (Wildman–Crippen MR) is 74.6 cm³/mol. The first-order valence-corrected chi connectivity index (χ1v) is 6.76. The molecule has 0 amide bonds. The molecule has 1 rings (SSSR count). The van der Waals surface area contributed by atoms with Gasteiger partial charge in [0.2, 0.25) is 0 Å². The number of benzene rings is 1. The Kier molecular flexibility index (Phi) is 6.12. The summed E-state index contributed by atoms with van der Waals surface area (Å²) in [5, 5.41) is 20.0. The highest BCUT2D eigenvalue weighted by Crippen LogP contribution is 2.32. The molecule has 0 aliphatic heterocycles. The van der Waals surface area contributed by atoms with Crippen LogP contribution in [0.25, 0.3) is 0 Å². The van der Waals surface area contributed by atoms with Crippen LogP contribution in [-0.4, -0.2) is 29.5 Å². The number of aliphatic hydroxyl groups excluding tert-OH is 2. The lowest BCUT2D eigenvalue weighted by atomic mass is 9.96. The van der Waals surface area contributed by atoms with Crippen molar-refractivity contribution >= 4 is 0 Å². The smallest absolute Gasteiger partial charge is 0.161 e. The molecule has 2 N–H and O–H groups in total. The van der Waals surface area contributed by atoms with Crippen molar-refractivity contribution in [2.75, 3.05) is 13.2 Å². The van der Waals surface area contributed by atoms with Gasteiger partial charge in [0, 0.05) is 0 Å². The fraction of sp³-hybridized carbons (Fsp3) is 0.600. The quantitative estimate of drug-likeness (QED) is 0.798. The molecule has 4 nitrogen and oxygen atoms in total. The number of ether oxygens (including phenoxy) is 2. The Bertz CT molecular complexity index is 390. The van der Waals surface area contributed by atoms with Gasteiger partial charge >= 0.3 is 0 Å². The van der Waals surface area contributed by atoms with Gasteiger partial charge in [-0.25, -0.2) is 0 Å². The zero-order chi connectivity index (χ0) is 14.4. The molecule has 0 saturated carbocycles. The highest BCUT2D eigenvalue weighted by atomic mass is 16.5. The van der Waals surface area contributed by atoms with Crippen LogP contribution in [0.15, 0.2) is 18.2 Å². The maximum Gasteiger partial charge on any atom is 0.161 e. The maximum absolute atomic E-state index is 10.1. The third-order valence-electron chi connectivity index (χ3n) is 2.92. The second-order valence-corrected chi connectivity index (χ2v) is 4.75. The average molecular weight is 268 g/mol. The summed E-state index contributed by atoms with van der Waals surface area (Å²) in [5.74, 6) is 1.23. The molecule has 0 bridgehead atoms. The minimum absolute atomic E-state index is 0.0166. The normalized spacial score (nSPS) is 14.3. The molecule has 108 valence electrons. The summed E-state index contributed by atoms with van der Waals surface area (Å²) < 4.78 is 11.0. The van der Waals surface area contributed by atoms with Gasteiger partial charge in [0.15, 0.2) is 11.5 Å². The van der Waals surface area contributed by atoms with E-state index in [2.05, 4.69) is 0 Å². The monoisotopic (exact) mass is 268 g/mol. The molecule has 2 unspecified atom stereocenters. The van der Waals surface area contributed by atoms with Crippen LogP contribution in [0, 0.1) is 5.92 Å². The van der Waals surface area contributed by atoms with Gasteiger partial charge in [0.05, 0.1) is 19.3 Å². The van der Waals surface area contributed by atoms with Crippen LogP contribution < -0.4 is 9.47 Å². The Morgan fingerprint density at radius 3 is 2.11 bits per heavy atom. The van der Waals surface area contributed by atoms with Crippen LogP contribution in [0.1, 0.15) is 39.4 Å². The van der Waals surface area contributed by atoms with Crippen LogP contribution in [0.5, 0.6) is 11.5 Å². The zero-order valence-corrected chi connectivity index (χ0v) is 12.1. The van der Waals surface area contributed by atoms with Crippen LogP contribution in [0.4, 0.5) is 0 Å². The van der Waals surface area contributed by atoms with E-state index in [1.54, 1.807) is 18.2 Å². The molecule has 1 aromatic carbocycles. The summed E-state index contributed by atoms with van der Waals surface area (Å²) in [4.78, 5) is 0. The van der Waals surface area contributed by atoms with Gasteiger partial charge in [-0.1, -0.05) is 19.9 Å². The van der Waals surface area contributed by atoms with E-state index in [0.717, 1.165) is 0 Å². The van der Waals surface area contributed by atoms with Crippen LogP contribution in [0.2, 0.25) is 0 Å². The first-order chi connectivity index (χ1) is 9.01. The van der Waals surface area contributed by atoms with Crippen molar-refractivity contribution in [2.24, 2.45) is 5.92 Å². The minimum atomic E-state index is -0.921. The van der Waals surface area contributed by atoms with E-state index in [0.29, 0.717) is 30.3 Å². The maximum atomic E-state index is 10.1. The van der Waals surface area contributed by atoms with Crippen molar-refractivity contribution in [2.45, 2.75) is 39.9 Å². The SMILES string of the molecule is CCOc1ccc(C(O)C(O)C(C)C)cc1OCC. The van der Waals surface area contributed by atoms with Crippen molar-refractivity contribution in [3.63, 3.8) is 0 Å². The Morgan fingerprint density at radius 2 is 1.58 bits per heavy atom. The van der Waals surface area contributed by atoms with E-state index in [4.69, 9.17) is 9.47 Å². The Labute approximate surface area is 115 Å². The summed E-state index contributed by atoms with van der Waals surface area (Å²) in [5.41, 5.74) is 0.633. The van der Waals surface area contributed by atoms with Crippen molar-refractivity contribution in [3.8, 4) is 11.5 Å². The average Bonchev–Trinajstić information content (AvgIpc) is 2.39. The molecule has 0 aliphatic carbocycles. The van der Waals surface area contributed by atoms with Crippen LogP contribution in [0.3, 0.4) is 0 Å². The first kappa shape index (κ1) is 15.8. The summed E-state index contributed by atoms with van der Waals surface area (Å²) in [7, 11) is 0. The van der Waals surface area contributed by atoms with Crippen LogP contribution in [-0.2, 0) is 0 Å². The van der Waals surface area contributed by atoms with E-state index in [-0.39, 0.29) is 5.92 Å². The lowest BCUT2D eigenvalue weighted by Crippen LogP contribution is -2.24. The van der Waals surface area contributed by atoms with Gasteiger partial charge < -0.3 is 19.7 Å². The van der Waals surface area contributed by atoms with Crippen molar-refractivity contribution in [1.29, 1.82) is 0 Å². The molecule has 2 atom stereocenters. The molecule has 4 heteroatoms. The van der Waals surface area contributed by atoms with E-state index >= 15 is 0 Å². The predicted octanol–water partition coefficient (Wildman–Crippen LogP) is 2.53. The van der Waals surface area contributed by atoms with Crippen molar-refractivity contribution < 1.29 is 19.7 Å². The van der Waals surface area contributed by atoms with E-state index < -0.39 is 12.2 Å². The van der Waals surface area contributed by atoms with Gasteiger partial charge in [0.1, 0.15) is 6.10 Å². The standard InChI is InChI=1S/C15H24O4/c1-5-18-12-8-7-11(9-13(12)19-6-2)15(17)14(16)10(3)4/h7-10,14-17H,5-6H2,1-4H3. The first-order valence-electron chi connectivity index (χ1n) is 6.76. The highest BCUT2D eigenvalue weighted by molar-refractivity contribution is 5.43. The van der Waals surface area contributed by atoms with Gasteiger partial charge in [-0.15, -0.1) is 0 Å². The molecule has 0 saturated heterocycles. The van der Waals surface area contributed by atoms with Gasteiger partial charge in [-0.3, -0.25) is 0 Å². The largest absolute Gasteiger partial charge is 0.490 e. The lowest BCUT2D eigenvalue weighted by Gasteiger charge is -2.22. The Hall–Kier alpha value is -1.26. The minimum Gasteiger partial charge on any atom is -0.490 e. The number of aliphatic hydroxyl groups is 2. The molecule has 0 aromatic heterocycles. The molecule has 0 fully saturated rings. The third kappa shape index (κ3) is 4.11. The van der Waals surface area contributed by atoms with E-state index in [1.165, 1.54) is 0 Å². The summed E-state index contributed by atoms with van der Waals surface area (Å²) in [6.45, 7) is 8.60. The lowest BCUT2D eigenvalue weighted by molar-refractivity contribution is -0.00952. The molecule has 0 spiro atoms. The highest BCUT2D eigenvalue weighted by Gasteiger charge is 2.22. The second-order valence-electron chi connectivity index (χ2n) is 4.75. The van der Waals surface area contributed by atoms with Crippen molar-refractivity contribution in [1.82, 2.24) is 0 Å². The zero-order valence-electron chi connectivity index (χ0n) is 12.1. The molecular weight excluding hydrogens is 244 g/mol. The Morgan fingerprint density at radius 1 is 1.00 bits per heavy atom. The fourth-order valence-corrected chi connectivity index (χ4v) is 1.81. The van der Waals surface area contributed by atoms with E-state index in [1.807, 2.05) is 27.7 Å². The number of hydrogen-bond acceptors (Lipinski definition) is 4. The Balaban J connectivity index is 3.00. The molecular formula is C15H24O4. The summed E-state index contributed by atoms with van der Waals surface area (Å²) in [6.07, 6.45) is -1.72. The van der Waals surface area contributed by atoms with Gasteiger partial charge in [-0.2, -0.15) is 0 Å². The molecule has 1 aromatic rings. The second kappa shape index (κ2) is 7.36. The summed E-state index contributed by atoms with van der Waals surface area (Å²) in [6, 6.07) is 5.24. The molecule has 0 aliphatic rings. The molecule has 0 radical (unpaired) electrons. The van der Waals surface area contributed by atoms with Gasteiger partial charge in [-0.05, 0) is 37.5 Å². The third-order valence-corrected chi connectivity index (χ3v) is 2.92. The fourth-order valence-electron chi connectivity index (χ4n) is 1.81. The van der Waals surface area contributed by atoms with Gasteiger partial charge in [0.25, 0.3) is 0 Å². The number of rotatable bonds is 7.